The van der Waals surface area contributed by atoms with E-state index in [1.54, 1.807) is 12.4 Å². The molecule has 5 nitrogen and oxygen atoms in total. The molecule has 1 unspecified atom stereocenters. The Hall–Kier alpha value is -3.73. The molecule has 1 atom stereocenters. The lowest BCUT2D eigenvalue weighted by atomic mass is 10.1. The Balaban J connectivity index is 1.49. The molecule has 2 aromatic carbocycles. The van der Waals surface area contributed by atoms with Crippen LogP contribution in [0.4, 0.5) is 0 Å². The zero-order valence-electron chi connectivity index (χ0n) is 16.8. The fraction of sp³-hybridized carbons (Fsp3) is 0.160. The largest absolute Gasteiger partial charge is 0.440 e. The second-order valence-corrected chi connectivity index (χ2v) is 7.09. The molecule has 0 bridgehead atoms. The van der Waals surface area contributed by atoms with Crippen molar-refractivity contribution in [1.82, 2.24) is 15.3 Å². The van der Waals surface area contributed by atoms with Gasteiger partial charge in [0, 0.05) is 36.4 Å². The number of rotatable bonds is 7. The van der Waals surface area contributed by atoms with Crippen molar-refractivity contribution in [2.45, 2.75) is 25.8 Å². The van der Waals surface area contributed by atoms with Gasteiger partial charge in [-0.3, -0.25) is 9.78 Å². The van der Waals surface area contributed by atoms with Crippen molar-refractivity contribution in [3.05, 3.63) is 96.6 Å². The Kier molecular flexibility index (Phi) is 5.99. The second kappa shape index (κ2) is 9.18. The predicted molar refractivity (Wildman–Crippen MR) is 116 cm³/mol. The third kappa shape index (κ3) is 4.63. The molecular formula is C25H23N3O2. The SMILES string of the molecule is CC(NC(=O)CCc1nc(-c2ccccc2)c(-c2ccccc2)o1)c1cccnc1. The Morgan fingerprint density at radius 2 is 1.67 bits per heavy atom. The molecule has 1 N–H and O–H groups in total. The van der Waals surface area contributed by atoms with Gasteiger partial charge in [-0.25, -0.2) is 4.98 Å². The summed E-state index contributed by atoms with van der Waals surface area (Å²) >= 11 is 0. The number of nitrogens with one attached hydrogen (secondary N) is 1. The highest BCUT2D eigenvalue weighted by atomic mass is 16.4. The van der Waals surface area contributed by atoms with E-state index in [9.17, 15) is 4.79 Å². The lowest BCUT2D eigenvalue weighted by molar-refractivity contribution is -0.121. The fourth-order valence-corrected chi connectivity index (χ4v) is 3.30. The van der Waals surface area contributed by atoms with Gasteiger partial charge in [0.15, 0.2) is 11.7 Å². The summed E-state index contributed by atoms with van der Waals surface area (Å²) < 4.78 is 6.09. The Labute approximate surface area is 175 Å². The van der Waals surface area contributed by atoms with Crippen LogP contribution >= 0.6 is 0 Å². The van der Waals surface area contributed by atoms with Gasteiger partial charge in [0.25, 0.3) is 0 Å². The van der Waals surface area contributed by atoms with E-state index in [1.807, 2.05) is 79.7 Å². The molecule has 0 saturated carbocycles. The summed E-state index contributed by atoms with van der Waals surface area (Å²) in [4.78, 5) is 21.2. The van der Waals surface area contributed by atoms with E-state index >= 15 is 0 Å². The van der Waals surface area contributed by atoms with Crippen molar-refractivity contribution >= 4 is 5.91 Å². The molecule has 30 heavy (non-hydrogen) atoms. The monoisotopic (exact) mass is 397 g/mol. The first-order chi connectivity index (χ1) is 14.7. The zero-order chi connectivity index (χ0) is 20.8. The number of amides is 1. The summed E-state index contributed by atoms with van der Waals surface area (Å²) in [5.41, 5.74) is 3.71. The average Bonchev–Trinajstić information content (AvgIpc) is 3.24. The highest BCUT2D eigenvalue weighted by Crippen LogP contribution is 2.32. The third-order valence-corrected chi connectivity index (χ3v) is 4.88. The van der Waals surface area contributed by atoms with E-state index in [-0.39, 0.29) is 11.9 Å². The lowest BCUT2D eigenvalue weighted by Crippen LogP contribution is -2.26. The molecule has 0 aliphatic rings. The number of hydrogen-bond acceptors (Lipinski definition) is 4. The van der Waals surface area contributed by atoms with Crippen molar-refractivity contribution < 1.29 is 9.21 Å². The van der Waals surface area contributed by atoms with Crippen molar-refractivity contribution in [3.63, 3.8) is 0 Å². The van der Waals surface area contributed by atoms with Gasteiger partial charge >= 0.3 is 0 Å². The van der Waals surface area contributed by atoms with Crippen LogP contribution in [0.3, 0.4) is 0 Å². The van der Waals surface area contributed by atoms with E-state index in [1.165, 1.54) is 0 Å². The lowest BCUT2D eigenvalue weighted by Gasteiger charge is -2.13. The summed E-state index contributed by atoms with van der Waals surface area (Å²) in [6.07, 6.45) is 4.21. The van der Waals surface area contributed by atoms with Gasteiger partial charge in [0.1, 0.15) is 5.69 Å². The van der Waals surface area contributed by atoms with Crippen molar-refractivity contribution in [2.75, 3.05) is 0 Å². The van der Waals surface area contributed by atoms with Gasteiger partial charge < -0.3 is 9.73 Å². The summed E-state index contributed by atoms with van der Waals surface area (Å²) in [6, 6.07) is 23.6. The molecule has 0 aliphatic carbocycles. The highest BCUT2D eigenvalue weighted by Gasteiger charge is 2.18. The number of aryl methyl sites for hydroxylation is 1. The minimum Gasteiger partial charge on any atom is -0.440 e. The first-order valence-corrected chi connectivity index (χ1v) is 10.0. The maximum Gasteiger partial charge on any atom is 0.220 e. The molecule has 2 aromatic heterocycles. The molecule has 0 spiro atoms. The van der Waals surface area contributed by atoms with Crippen LogP contribution in [-0.2, 0) is 11.2 Å². The van der Waals surface area contributed by atoms with Crippen molar-refractivity contribution in [3.8, 4) is 22.6 Å². The number of hydrogen-bond donors (Lipinski definition) is 1. The smallest absolute Gasteiger partial charge is 0.220 e. The van der Waals surface area contributed by atoms with Crippen LogP contribution in [0.1, 0.15) is 30.8 Å². The standard InChI is InChI=1S/C25H23N3O2/c1-18(21-13-8-16-26-17-21)27-22(29)14-15-23-28-24(19-9-4-2-5-10-19)25(30-23)20-11-6-3-7-12-20/h2-13,16-18H,14-15H2,1H3,(H,27,29). The molecule has 5 heteroatoms. The molecule has 150 valence electrons. The summed E-state index contributed by atoms with van der Waals surface area (Å²) in [5.74, 6) is 1.23. The number of carbonyl (C=O) groups is 1. The fourth-order valence-electron chi connectivity index (χ4n) is 3.30. The first kappa shape index (κ1) is 19.6. The number of pyridine rings is 1. The summed E-state index contributed by atoms with van der Waals surface area (Å²) in [6.45, 7) is 1.95. The number of oxazole rings is 1. The van der Waals surface area contributed by atoms with Crippen molar-refractivity contribution in [1.29, 1.82) is 0 Å². The van der Waals surface area contributed by atoms with Gasteiger partial charge in [0.05, 0.1) is 6.04 Å². The summed E-state index contributed by atoms with van der Waals surface area (Å²) in [7, 11) is 0. The van der Waals surface area contributed by atoms with Crippen LogP contribution < -0.4 is 5.32 Å². The maximum absolute atomic E-state index is 12.4. The molecule has 0 radical (unpaired) electrons. The van der Waals surface area contributed by atoms with Gasteiger partial charge in [0.2, 0.25) is 5.91 Å². The number of aromatic nitrogens is 2. The van der Waals surface area contributed by atoms with Crippen LogP contribution in [0, 0.1) is 0 Å². The molecule has 0 aliphatic heterocycles. The van der Waals surface area contributed by atoms with Crippen LogP contribution in [0.25, 0.3) is 22.6 Å². The second-order valence-electron chi connectivity index (χ2n) is 7.09. The third-order valence-electron chi connectivity index (χ3n) is 4.88. The molecule has 0 saturated heterocycles. The van der Waals surface area contributed by atoms with E-state index in [4.69, 9.17) is 9.40 Å². The number of benzene rings is 2. The topological polar surface area (TPSA) is 68.0 Å². The van der Waals surface area contributed by atoms with E-state index in [0.29, 0.717) is 18.7 Å². The van der Waals surface area contributed by atoms with Crippen LogP contribution in [-0.4, -0.2) is 15.9 Å². The van der Waals surface area contributed by atoms with Crippen molar-refractivity contribution in [2.24, 2.45) is 0 Å². The first-order valence-electron chi connectivity index (χ1n) is 10.0. The quantitative estimate of drug-likeness (QED) is 0.465. The van der Waals surface area contributed by atoms with Gasteiger partial charge in [-0.15, -0.1) is 0 Å². The van der Waals surface area contributed by atoms with Gasteiger partial charge in [-0.1, -0.05) is 66.7 Å². The molecular weight excluding hydrogens is 374 g/mol. The summed E-state index contributed by atoms with van der Waals surface area (Å²) in [5, 5.41) is 3.00. The van der Waals surface area contributed by atoms with Crippen LogP contribution in [0.5, 0.6) is 0 Å². The minimum atomic E-state index is -0.101. The Morgan fingerprint density at radius 3 is 2.33 bits per heavy atom. The molecule has 4 rings (SSSR count). The van der Waals surface area contributed by atoms with Gasteiger partial charge in [-0.2, -0.15) is 0 Å². The van der Waals surface area contributed by atoms with E-state index in [2.05, 4.69) is 10.3 Å². The maximum atomic E-state index is 12.4. The predicted octanol–water partition coefficient (Wildman–Crippen LogP) is 5.21. The Bertz CT molecular complexity index is 1040. The zero-order valence-corrected chi connectivity index (χ0v) is 16.8. The number of carbonyl (C=O) groups excluding carboxylic acids is 1. The van der Waals surface area contributed by atoms with E-state index in [0.717, 1.165) is 28.1 Å². The Morgan fingerprint density at radius 1 is 0.967 bits per heavy atom. The highest BCUT2D eigenvalue weighted by molar-refractivity contribution is 5.78. The van der Waals surface area contributed by atoms with Crippen LogP contribution in [0.2, 0.25) is 0 Å². The molecule has 2 heterocycles. The minimum absolute atomic E-state index is 0.0490. The molecule has 0 fully saturated rings. The number of nitrogens with zero attached hydrogens (tertiary/aromatic N) is 2. The average molecular weight is 397 g/mol. The van der Waals surface area contributed by atoms with E-state index < -0.39 is 0 Å². The van der Waals surface area contributed by atoms with Crippen LogP contribution in [0.15, 0.2) is 89.6 Å². The molecule has 4 aromatic rings. The van der Waals surface area contributed by atoms with Gasteiger partial charge in [-0.05, 0) is 18.6 Å². The normalized spacial score (nSPS) is 11.8. The molecule has 1 amide bonds.